The number of aromatic nitrogens is 1. The van der Waals surface area contributed by atoms with Crippen molar-refractivity contribution in [3.8, 4) is 5.75 Å². The van der Waals surface area contributed by atoms with Crippen molar-refractivity contribution in [3.05, 3.63) is 23.0 Å². The number of rotatable bonds is 5. The van der Waals surface area contributed by atoms with E-state index < -0.39 is 0 Å². The van der Waals surface area contributed by atoms with Crippen molar-refractivity contribution in [2.24, 2.45) is 5.73 Å². The third-order valence-corrected chi connectivity index (χ3v) is 4.12. The van der Waals surface area contributed by atoms with Crippen LogP contribution in [0.15, 0.2) is 6.07 Å². The molecule has 1 aromatic heterocycles. The van der Waals surface area contributed by atoms with Gasteiger partial charge in [-0.1, -0.05) is 12.2 Å². The second-order valence-electron chi connectivity index (χ2n) is 5.50. The molecule has 2 heterocycles. The van der Waals surface area contributed by atoms with Gasteiger partial charge in [0.15, 0.2) is 0 Å². The molecule has 0 amide bonds. The molecular formula is C15H23N3OS. The Bertz CT molecular complexity index is 504. The largest absolute Gasteiger partial charge is 0.493 e. The fourth-order valence-electron chi connectivity index (χ4n) is 2.86. The van der Waals surface area contributed by atoms with Gasteiger partial charge in [0.1, 0.15) is 10.7 Å². The van der Waals surface area contributed by atoms with Gasteiger partial charge in [0.2, 0.25) is 0 Å². The molecule has 1 fully saturated rings. The first-order valence-electron chi connectivity index (χ1n) is 7.10. The Balaban J connectivity index is 2.03. The van der Waals surface area contributed by atoms with Gasteiger partial charge in [0.05, 0.1) is 17.9 Å². The van der Waals surface area contributed by atoms with Crippen molar-refractivity contribution in [2.75, 3.05) is 20.2 Å². The zero-order valence-corrected chi connectivity index (χ0v) is 13.3. The van der Waals surface area contributed by atoms with Crippen LogP contribution in [0.4, 0.5) is 0 Å². The maximum atomic E-state index is 5.94. The number of pyridine rings is 1. The van der Waals surface area contributed by atoms with Gasteiger partial charge in [0.25, 0.3) is 0 Å². The minimum atomic E-state index is 0.350. The highest BCUT2D eigenvalue weighted by Gasteiger charge is 2.21. The summed E-state index contributed by atoms with van der Waals surface area (Å²) in [5.74, 6) is 0.767. The summed E-state index contributed by atoms with van der Waals surface area (Å²) in [6.45, 7) is 5.75. The summed E-state index contributed by atoms with van der Waals surface area (Å²) in [6, 6.07) is 2.55. The lowest BCUT2D eigenvalue weighted by atomic mass is 10.1. The Morgan fingerprint density at radius 2 is 2.30 bits per heavy atom. The first-order chi connectivity index (χ1) is 9.49. The average molecular weight is 293 g/mol. The van der Waals surface area contributed by atoms with E-state index in [4.69, 9.17) is 22.7 Å². The summed E-state index contributed by atoms with van der Waals surface area (Å²) in [7, 11) is 2.18. The molecule has 2 rings (SSSR count). The second kappa shape index (κ2) is 6.50. The molecule has 0 radical (unpaired) electrons. The summed E-state index contributed by atoms with van der Waals surface area (Å²) >= 11 is 5.11. The number of hydrogen-bond acceptors (Lipinski definition) is 4. The summed E-state index contributed by atoms with van der Waals surface area (Å²) < 4.78 is 5.94. The predicted molar refractivity (Wildman–Crippen MR) is 85.4 cm³/mol. The van der Waals surface area contributed by atoms with Gasteiger partial charge >= 0.3 is 0 Å². The Kier molecular flexibility index (Phi) is 4.94. The van der Waals surface area contributed by atoms with Crippen LogP contribution in [0, 0.1) is 13.8 Å². The van der Waals surface area contributed by atoms with E-state index in [9.17, 15) is 0 Å². The molecule has 0 spiro atoms. The molecule has 0 saturated carbocycles. The third kappa shape index (κ3) is 3.46. The summed E-state index contributed by atoms with van der Waals surface area (Å²) in [5, 5.41) is 0. The molecule has 1 aliphatic rings. The first-order valence-corrected chi connectivity index (χ1v) is 7.51. The van der Waals surface area contributed by atoms with Crippen molar-refractivity contribution in [3.63, 3.8) is 0 Å². The molecule has 1 unspecified atom stereocenters. The van der Waals surface area contributed by atoms with Crippen LogP contribution >= 0.6 is 12.2 Å². The summed E-state index contributed by atoms with van der Waals surface area (Å²) in [5.41, 5.74) is 8.32. The predicted octanol–water partition coefficient (Wildman–Crippen LogP) is 2.20. The molecule has 1 saturated heterocycles. The van der Waals surface area contributed by atoms with Crippen molar-refractivity contribution >= 4 is 17.2 Å². The molecule has 1 atom stereocenters. The average Bonchev–Trinajstić information content (AvgIpc) is 2.73. The molecule has 0 bridgehead atoms. The lowest BCUT2D eigenvalue weighted by Crippen LogP contribution is -2.26. The monoisotopic (exact) mass is 293 g/mol. The summed E-state index contributed by atoms with van der Waals surface area (Å²) in [4.78, 5) is 7.15. The van der Waals surface area contributed by atoms with Crippen LogP contribution in [0.5, 0.6) is 5.75 Å². The van der Waals surface area contributed by atoms with Crippen LogP contribution in [0.1, 0.15) is 36.2 Å². The highest BCUT2D eigenvalue weighted by Crippen LogP contribution is 2.24. The van der Waals surface area contributed by atoms with Gasteiger partial charge in [0, 0.05) is 17.8 Å². The molecular weight excluding hydrogens is 270 g/mol. The topological polar surface area (TPSA) is 51.4 Å². The number of ether oxygens (including phenoxy) is 1. The van der Waals surface area contributed by atoms with Gasteiger partial charge in [-0.05, 0) is 46.7 Å². The van der Waals surface area contributed by atoms with Crippen LogP contribution in [-0.2, 0) is 0 Å². The third-order valence-electron chi connectivity index (χ3n) is 3.92. The van der Waals surface area contributed by atoms with E-state index in [0.29, 0.717) is 17.6 Å². The van der Waals surface area contributed by atoms with Crippen LogP contribution in [0.25, 0.3) is 0 Å². The van der Waals surface area contributed by atoms with Crippen molar-refractivity contribution in [1.29, 1.82) is 0 Å². The van der Waals surface area contributed by atoms with Crippen molar-refractivity contribution in [2.45, 2.75) is 39.2 Å². The Hall–Kier alpha value is -1.20. The van der Waals surface area contributed by atoms with Gasteiger partial charge in [-0.2, -0.15) is 0 Å². The second-order valence-corrected chi connectivity index (χ2v) is 5.94. The molecule has 1 aliphatic heterocycles. The van der Waals surface area contributed by atoms with E-state index in [1.165, 1.54) is 19.4 Å². The lowest BCUT2D eigenvalue weighted by molar-refractivity contribution is 0.233. The number of aryl methyl sites for hydroxylation is 2. The fourth-order valence-corrected chi connectivity index (χ4v) is 3.10. The van der Waals surface area contributed by atoms with Gasteiger partial charge in [-0.25, -0.2) is 0 Å². The SMILES string of the molecule is Cc1cc(OCCC2CCCN2C)c(C(N)=S)c(C)n1. The molecule has 4 nitrogen and oxygen atoms in total. The Morgan fingerprint density at radius 3 is 2.90 bits per heavy atom. The van der Waals surface area contributed by atoms with E-state index in [2.05, 4.69) is 16.9 Å². The quantitative estimate of drug-likeness (QED) is 0.843. The molecule has 2 N–H and O–H groups in total. The van der Waals surface area contributed by atoms with E-state index >= 15 is 0 Å². The lowest BCUT2D eigenvalue weighted by Gasteiger charge is -2.20. The standard InChI is InChI=1S/C15H23N3OS/c1-10-9-13(14(15(16)20)11(2)17-10)19-8-6-12-5-4-7-18(12)3/h9,12H,4-8H2,1-3H3,(H2,16,20). The van der Waals surface area contributed by atoms with Crippen molar-refractivity contribution in [1.82, 2.24) is 9.88 Å². The highest BCUT2D eigenvalue weighted by atomic mass is 32.1. The minimum Gasteiger partial charge on any atom is -0.493 e. The number of nitrogens with two attached hydrogens (primary N) is 1. The maximum Gasteiger partial charge on any atom is 0.133 e. The van der Waals surface area contributed by atoms with Gasteiger partial charge in [-0.15, -0.1) is 0 Å². The number of thiocarbonyl (C=S) groups is 1. The van der Waals surface area contributed by atoms with E-state index in [0.717, 1.165) is 29.1 Å². The zero-order valence-electron chi connectivity index (χ0n) is 12.5. The molecule has 1 aromatic rings. The molecule has 0 aromatic carbocycles. The smallest absolute Gasteiger partial charge is 0.133 e. The molecule has 20 heavy (non-hydrogen) atoms. The molecule has 5 heteroatoms. The highest BCUT2D eigenvalue weighted by molar-refractivity contribution is 7.80. The van der Waals surface area contributed by atoms with Crippen LogP contribution in [0.2, 0.25) is 0 Å². The van der Waals surface area contributed by atoms with Crippen LogP contribution in [0.3, 0.4) is 0 Å². The van der Waals surface area contributed by atoms with E-state index in [1.807, 2.05) is 19.9 Å². The molecule has 0 aliphatic carbocycles. The van der Waals surface area contributed by atoms with Gasteiger partial charge < -0.3 is 15.4 Å². The number of nitrogens with zero attached hydrogens (tertiary/aromatic N) is 2. The summed E-state index contributed by atoms with van der Waals surface area (Å²) in [6.07, 6.45) is 3.58. The Morgan fingerprint density at radius 1 is 1.55 bits per heavy atom. The molecule has 110 valence electrons. The fraction of sp³-hybridized carbons (Fsp3) is 0.600. The van der Waals surface area contributed by atoms with Gasteiger partial charge in [-0.3, -0.25) is 4.98 Å². The normalized spacial score (nSPS) is 19.2. The first kappa shape index (κ1) is 15.2. The Labute approximate surface area is 126 Å². The minimum absolute atomic E-state index is 0.350. The number of likely N-dealkylation sites (tertiary alicyclic amines) is 1. The van der Waals surface area contributed by atoms with Crippen LogP contribution in [-0.4, -0.2) is 41.1 Å². The maximum absolute atomic E-state index is 5.94. The zero-order chi connectivity index (χ0) is 14.7. The van der Waals surface area contributed by atoms with E-state index in [-0.39, 0.29) is 0 Å². The number of hydrogen-bond donors (Lipinski definition) is 1. The van der Waals surface area contributed by atoms with Crippen molar-refractivity contribution < 1.29 is 4.74 Å². The van der Waals surface area contributed by atoms with Crippen LogP contribution < -0.4 is 10.5 Å². The van der Waals surface area contributed by atoms with E-state index in [1.54, 1.807) is 0 Å².